The Balaban J connectivity index is 2.33. The van der Waals surface area contributed by atoms with E-state index >= 15 is 0 Å². The molecule has 0 saturated carbocycles. The summed E-state index contributed by atoms with van der Waals surface area (Å²) in [5.41, 5.74) is 0. The highest BCUT2D eigenvalue weighted by molar-refractivity contribution is 9.10. The molecule has 15 heavy (non-hydrogen) atoms. The fourth-order valence-corrected chi connectivity index (χ4v) is 2.81. The summed E-state index contributed by atoms with van der Waals surface area (Å²) >= 11 is 9.17. The minimum atomic E-state index is 0.167. The van der Waals surface area contributed by atoms with Crippen LogP contribution in [0.25, 0.3) is 0 Å². The highest BCUT2D eigenvalue weighted by Gasteiger charge is 2.07. The van der Waals surface area contributed by atoms with Gasteiger partial charge in [0.05, 0.1) is 0 Å². The third kappa shape index (κ3) is 4.57. The first-order chi connectivity index (χ1) is 7.13. The quantitative estimate of drug-likeness (QED) is 0.830. The predicted octanol–water partition coefficient (Wildman–Crippen LogP) is 2.83. The average molecular weight is 308 g/mol. The van der Waals surface area contributed by atoms with Gasteiger partial charge in [0, 0.05) is 34.7 Å². The number of hydrogen-bond acceptors (Lipinski definition) is 3. The molecule has 1 heterocycles. The van der Waals surface area contributed by atoms with Crippen LogP contribution in [0, 0.1) is 0 Å². The monoisotopic (exact) mass is 307 g/mol. The molecule has 0 radical (unpaired) electrons. The fraction of sp³-hybridized carbons (Fsp3) is 0.500. The molecule has 0 fully saturated rings. The Hall–Kier alpha value is -0.000000000000000111. The van der Waals surface area contributed by atoms with Gasteiger partial charge in [0.25, 0.3) is 0 Å². The zero-order valence-electron chi connectivity index (χ0n) is 8.57. The summed E-state index contributed by atoms with van der Waals surface area (Å²) in [7, 11) is 1.84. The summed E-state index contributed by atoms with van der Waals surface area (Å²) in [5, 5.41) is 2.06. The van der Waals surface area contributed by atoms with Crippen molar-refractivity contribution in [3.63, 3.8) is 0 Å². The smallest absolute Gasteiger partial charge is 0.223 e. The van der Waals surface area contributed by atoms with E-state index in [1.165, 1.54) is 4.88 Å². The topological polar surface area (TPSA) is 20.3 Å². The van der Waals surface area contributed by atoms with Gasteiger partial charge in [-0.3, -0.25) is 4.79 Å². The molecule has 0 bridgehead atoms. The lowest BCUT2D eigenvalue weighted by Gasteiger charge is -2.15. The lowest BCUT2D eigenvalue weighted by Crippen LogP contribution is -2.28. The van der Waals surface area contributed by atoms with E-state index < -0.39 is 0 Å². The maximum Gasteiger partial charge on any atom is 0.223 e. The number of thiol groups is 1. The minimum absolute atomic E-state index is 0.167. The number of halogens is 1. The van der Waals surface area contributed by atoms with Crippen LogP contribution in [0.5, 0.6) is 0 Å². The molecule has 0 unspecified atom stereocenters. The fourth-order valence-electron chi connectivity index (χ4n) is 1.17. The molecule has 0 N–H and O–H groups in total. The number of amides is 1. The van der Waals surface area contributed by atoms with E-state index in [1.54, 1.807) is 16.2 Å². The second kappa shape index (κ2) is 6.55. The van der Waals surface area contributed by atoms with Gasteiger partial charge in [-0.15, -0.1) is 11.3 Å². The number of nitrogens with zero attached hydrogens (tertiary/aromatic N) is 1. The van der Waals surface area contributed by atoms with Crippen LogP contribution in [0.3, 0.4) is 0 Å². The van der Waals surface area contributed by atoms with Crippen LogP contribution < -0.4 is 0 Å². The van der Waals surface area contributed by atoms with Crippen LogP contribution in [0.15, 0.2) is 15.9 Å². The van der Waals surface area contributed by atoms with Gasteiger partial charge in [0.1, 0.15) is 0 Å². The molecule has 84 valence electrons. The second-order valence-corrected chi connectivity index (χ2v) is 5.63. The molecule has 0 saturated heterocycles. The van der Waals surface area contributed by atoms with Gasteiger partial charge >= 0.3 is 0 Å². The third-order valence-corrected chi connectivity index (χ3v) is 4.05. The molecule has 1 amide bonds. The van der Waals surface area contributed by atoms with Crippen LogP contribution in [-0.2, 0) is 11.2 Å². The van der Waals surface area contributed by atoms with Crippen molar-refractivity contribution in [1.29, 1.82) is 0 Å². The Labute approximate surface area is 108 Å². The third-order valence-electron chi connectivity index (χ3n) is 2.07. The van der Waals surface area contributed by atoms with E-state index in [9.17, 15) is 4.79 Å². The molecular formula is C10H14BrNOS2. The molecule has 0 aliphatic heterocycles. The van der Waals surface area contributed by atoms with Crippen molar-refractivity contribution in [3.05, 3.63) is 20.8 Å². The van der Waals surface area contributed by atoms with E-state index in [1.807, 2.05) is 7.05 Å². The molecule has 1 aromatic heterocycles. The SMILES string of the molecule is CN(CCc1cc(Br)cs1)C(=O)CCS. The van der Waals surface area contributed by atoms with E-state index in [-0.39, 0.29) is 5.91 Å². The van der Waals surface area contributed by atoms with E-state index in [4.69, 9.17) is 0 Å². The van der Waals surface area contributed by atoms with Gasteiger partial charge in [-0.1, -0.05) is 0 Å². The van der Waals surface area contributed by atoms with Crippen molar-refractivity contribution in [2.24, 2.45) is 0 Å². The highest BCUT2D eigenvalue weighted by Crippen LogP contribution is 2.20. The molecule has 0 atom stereocenters. The molecule has 2 nitrogen and oxygen atoms in total. The molecule has 1 rings (SSSR count). The van der Waals surface area contributed by atoms with Crippen LogP contribution in [0.1, 0.15) is 11.3 Å². The van der Waals surface area contributed by atoms with Gasteiger partial charge in [-0.05, 0) is 34.2 Å². The zero-order chi connectivity index (χ0) is 11.3. The molecule has 0 aliphatic carbocycles. The zero-order valence-corrected chi connectivity index (χ0v) is 11.9. The molecule has 0 spiro atoms. The summed E-state index contributed by atoms with van der Waals surface area (Å²) in [5.74, 6) is 0.786. The van der Waals surface area contributed by atoms with E-state index in [0.29, 0.717) is 12.2 Å². The lowest BCUT2D eigenvalue weighted by atomic mass is 10.3. The molecule has 0 aliphatic rings. The van der Waals surface area contributed by atoms with E-state index in [2.05, 4.69) is 40.0 Å². The Kier molecular flexibility index (Phi) is 5.71. The number of carbonyl (C=O) groups excluding carboxylic acids is 1. The lowest BCUT2D eigenvalue weighted by molar-refractivity contribution is -0.129. The molecule has 0 aromatic carbocycles. The molecular weight excluding hydrogens is 294 g/mol. The van der Waals surface area contributed by atoms with Crippen LogP contribution in [0.4, 0.5) is 0 Å². The second-order valence-electron chi connectivity index (χ2n) is 3.27. The van der Waals surface area contributed by atoms with Crippen LogP contribution >= 0.6 is 39.9 Å². The van der Waals surface area contributed by atoms with Gasteiger partial charge < -0.3 is 4.90 Å². The Morgan fingerprint density at radius 3 is 2.93 bits per heavy atom. The Morgan fingerprint density at radius 1 is 1.67 bits per heavy atom. The predicted molar refractivity (Wildman–Crippen MR) is 71.8 cm³/mol. The van der Waals surface area contributed by atoms with E-state index in [0.717, 1.165) is 17.4 Å². The first-order valence-corrected chi connectivity index (χ1v) is 7.01. The van der Waals surface area contributed by atoms with Crippen molar-refractivity contribution < 1.29 is 4.79 Å². The molecule has 5 heteroatoms. The van der Waals surface area contributed by atoms with Crippen molar-refractivity contribution in [2.75, 3.05) is 19.3 Å². The van der Waals surface area contributed by atoms with Gasteiger partial charge in [0.15, 0.2) is 0 Å². The van der Waals surface area contributed by atoms with Gasteiger partial charge in [0.2, 0.25) is 5.91 Å². The first-order valence-electron chi connectivity index (χ1n) is 4.71. The summed E-state index contributed by atoms with van der Waals surface area (Å²) < 4.78 is 1.12. The molecule has 1 aromatic rings. The normalized spacial score (nSPS) is 10.3. The maximum absolute atomic E-state index is 11.4. The number of rotatable bonds is 5. The van der Waals surface area contributed by atoms with Crippen molar-refractivity contribution in [1.82, 2.24) is 4.90 Å². The standard InChI is InChI=1S/C10H14BrNOS2/c1-12(10(13)3-5-14)4-2-9-6-8(11)7-15-9/h6-7,14H,2-5H2,1H3. The summed E-state index contributed by atoms with van der Waals surface area (Å²) in [6, 6.07) is 2.10. The summed E-state index contributed by atoms with van der Waals surface area (Å²) in [6.45, 7) is 0.777. The number of hydrogen-bond donors (Lipinski definition) is 1. The van der Waals surface area contributed by atoms with Crippen LogP contribution in [0.2, 0.25) is 0 Å². The maximum atomic E-state index is 11.4. The Bertz CT molecular complexity index is 327. The van der Waals surface area contributed by atoms with Gasteiger partial charge in [-0.25, -0.2) is 0 Å². The first kappa shape index (κ1) is 13.1. The number of carbonyl (C=O) groups is 1. The number of thiophene rings is 1. The van der Waals surface area contributed by atoms with Crippen LogP contribution in [-0.4, -0.2) is 30.2 Å². The highest BCUT2D eigenvalue weighted by atomic mass is 79.9. The average Bonchev–Trinajstić information content (AvgIpc) is 2.61. The summed E-state index contributed by atoms with van der Waals surface area (Å²) in [6.07, 6.45) is 1.44. The number of likely N-dealkylation sites (N-methyl/N-ethyl adjacent to an activating group) is 1. The van der Waals surface area contributed by atoms with Crippen molar-refractivity contribution >= 4 is 45.8 Å². The van der Waals surface area contributed by atoms with Crippen molar-refractivity contribution in [2.45, 2.75) is 12.8 Å². The summed E-state index contributed by atoms with van der Waals surface area (Å²) in [4.78, 5) is 14.5. The largest absolute Gasteiger partial charge is 0.345 e. The minimum Gasteiger partial charge on any atom is -0.345 e. The Morgan fingerprint density at radius 2 is 2.40 bits per heavy atom. The van der Waals surface area contributed by atoms with Gasteiger partial charge in [-0.2, -0.15) is 12.6 Å². The van der Waals surface area contributed by atoms with Crippen molar-refractivity contribution in [3.8, 4) is 0 Å².